The van der Waals surface area contributed by atoms with Gasteiger partial charge < -0.3 is 10.6 Å². The van der Waals surface area contributed by atoms with Gasteiger partial charge in [-0.25, -0.2) is 0 Å². The molecule has 7 heteroatoms. The van der Waals surface area contributed by atoms with Crippen molar-refractivity contribution >= 4 is 28.2 Å². The van der Waals surface area contributed by atoms with Gasteiger partial charge in [-0.05, 0) is 19.1 Å². The van der Waals surface area contributed by atoms with E-state index in [1.165, 1.54) is 0 Å². The van der Waals surface area contributed by atoms with Crippen molar-refractivity contribution in [3.05, 3.63) is 24.0 Å². The number of pyridine rings is 1. The van der Waals surface area contributed by atoms with E-state index >= 15 is 0 Å². The topological polar surface area (TPSA) is 67.9 Å². The summed E-state index contributed by atoms with van der Waals surface area (Å²) in [6, 6.07) is 3.92. The van der Waals surface area contributed by atoms with Crippen molar-refractivity contribution in [2.24, 2.45) is 5.73 Å². The molecule has 2 rings (SSSR count). The molecule has 0 amide bonds. The zero-order chi connectivity index (χ0) is 13.1. The number of rotatable bonds is 4. The highest BCUT2D eigenvalue weighted by Crippen LogP contribution is 2.32. The van der Waals surface area contributed by atoms with Crippen LogP contribution in [0.2, 0.25) is 0 Å². The van der Waals surface area contributed by atoms with Gasteiger partial charge >= 0.3 is 0 Å². The molecule has 0 saturated heterocycles. The number of nitrogens with zero attached hydrogens (tertiary/aromatic N) is 4. The van der Waals surface area contributed by atoms with Crippen molar-refractivity contribution in [3.63, 3.8) is 0 Å². The Morgan fingerprint density at radius 1 is 1.33 bits per heavy atom. The first-order valence-electron chi connectivity index (χ1n) is 5.46. The first kappa shape index (κ1) is 13.3. The highest BCUT2D eigenvalue weighted by molar-refractivity contribution is 8.01. The predicted molar refractivity (Wildman–Crippen MR) is 75.2 cm³/mol. The molecule has 0 bridgehead atoms. The Balaban J connectivity index is 2.08. The van der Waals surface area contributed by atoms with Crippen molar-refractivity contribution < 1.29 is 0 Å². The second kappa shape index (κ2) is 5.64. The standard InChI is InChI=1S/C11H15N5S2/c1-7(12)9-5-4-8(6-13-9)17-11-15-14-10(18-11)16(2)3/h4-7H,12H2,1-3H3. The third-order valence-corrected chi connectivity index (χ3v) is 4.33. The monoisotopic (exact) mass is 281 g/mol. The molecule has 0 radical (unpaired) electrons. The summed E-state index contributed by atoms with van der Waals surface area (Å²) < 4.78 is 0.911. The van der Waals surface area contributed by atoms with E-state index in [4.69, 9.17) is 5.73 Å². The Morgan fingerprint density at radius 3 is 2.61 bits per heavy atom. The molecule has 0 spiro atoms. The van der Waals surface area contributed by atoms with Crippen LogP contribution in [0.3, 0.4) is 0 Å². The van der Waals surface area contributed by atoms with Crippen LogP contribution in [-0.2, 0) is 0 Å². The maximum absolute atomic E-state index is 5.76. The quantitative estimate of drug-likeness (QED) is 0.926. The maximum atomic E-state index is 5.76. The van der Waals surface area contributed by atoms with E-state index in [9.17, 15) is 0 Å². The minimum atomic E-state index is -0.0362. The summed E-state index contributed by atoms with van der Waals surface area (Å²) in [7, 11) is 3.90. The summed E-state index contributed by atoms with van der Waals surface area (Å²) in [5, 5.41) is 9.12. The maximum Gasteiger partial charge on any atom is 0.208 e. The molecule has 2 aromatic rings. The van der Waals surface area contributed by atoms with Crippen LogP contribution in [0.4, 0.5) is 5.13 Å². The van der Waals surface area contributed by atoms with Gasteiger partial charge in [0.05, 0.1) is 5.69 Å². The van der Waals surface area contributed by atoms with Gasteiger partial charge in [-0.2, -0.15) is 0 Å². The third-order valence-electron chi connectivity index (χ3n) is 2.21. The lowest BCUT2D eigenvalue weighted by Crippen LogP contribution is -2.07. The average molecular weight is 281 g/mol. The zero-order valence-electron chi connectivity index (χ0n) is 10.5. The second-order valence-electron chi connectivity index (χ2n) is 4.05. The van der Waals surface area contributed by atoms with Gasteiger partial charge in [0.15, 0.2) is 4.34 Å². The molecule has 2 N–H and O–H groups in total. The zero-order valence-corrected chi connectivity index (χ0v) is 12.1. The van der Waals surface area contributed by atoms with Crippen molar-refractivity contribution in [2.75, 3.05) is 19.0 Å². The Morgan fingerprint density at radius 2 is 2.11 bits per heavy atom. The number of aromatic nitrogens is 3. The van der Waals surface area contributed by atoms with E-state index in [0.717, 1.165) is 20.1 Å². The number of hydrogen-bond donors (Lipinski definition) is 1. The van der Waals surface area contributed by atoms with E-state index in [2.05, 4.69) is 15.2 Å². The van der Waals surface area contributed by atoms with Crippen molar-refractivity contribution in [1.82, 2.24) is 15.2 Å². The molecule has 0 fully saturated rings. The summed E-state index contributed by atoms with van der Waals surface area (Å²) in [6.07, 6.45) is 1.82. The first-order chi connectivity index (χ1) is 8.56. The van der Waals surface area contributed by atoms with Gasteiger partial charge in [0.25, 0.3) is 0 Å². The number of anilines is 1. The Bertz CT molecular complexity index is 506. The van der Waals surface area contributed by atoms with Gasteiger partial charge in [-0.15, -0.1) is 10.2 Å². The smallest absolute Gasteiger partial charge is 0.208 e. The molecule has 5 nitrogen and oxygen atoms in total. The minimum Gasteiger partial charge on any atom is -0.353 e. The lowest BCUT2D eigenvalue weighted by Gasteiger charge is -2.04. The average Bonchev–Trinajstić information content (AvgIpc) is 2.78. The molecular formula is C11H15N5S2. The fourth-order valence-corrected chi connectivity index (χ4v) is 2.95. The lowest BCUT2D eigenvalue weighted by atomic mass is 10.2. The molecule has 18 heavy (non-hydrogen) atoms. The van der Waals surface area contributed by atoms with Crippen LogP contribution in [-0.4, -0.2) is 29.3 Å². The molecular weight excluding hydrogens is 266 g/mol. The van der Waals surface area contributed by atoms with E-state index in [1.54, 1.807) is 23.1 Å². The first-order valence-corrected chi connectivity index (χ1v) is 7.10. The predicted octanol–water partition coefficient (Wildman–Crippen LogP) is 2.17. The molecule has 0 saturated carbocycles. The fourth-order valence-electron chi connectivity index (χ4n) is 1.25. The Hall–Kier alpha value is -1.18. The molecule has 2 heterocycles. The van der Waals surface area contributed by atoms with E-state index in [0.29, 0.717) is 0 Å². The summed E-state index contributed by atoms with van der Waals surface area (Å²) in [5.41, 5.74) is 6.65. The van der Waals surface area contributed by atoms with Gasteiger partial charge in [0.1, 0.15) is 0 Å². The van der Waals surface area contributed by atoms with Gasteiger partial charge in [0.2, 0.25) is 5.13 Å². The Labute approximate surface area is 114 Å². The van der Waals surface area contributed by atoms with Crippen molar-refractivity contribution in [1.29, 1.82) is 0 Å². The molecule has 0 aliphatic heterocycles. The second-order valence-corrected chi connectivity index (χ2v) is 6.33. The van der Waals surface area contributed by atoms with Crippen LogP contribution >= 0.6 is 23.1 Å². The molecule has 96 valence electrons. The fraction of sp³-hybridized carbons (Fsp3) is 0.364. The van der Waals surface area contributed by atoms with Crippen LogP contribution in [0.15, 0.2) is 27.6 Å². The van der Waals surface area contributed by atoms with E-state index in [-0.39, 0.29) is 6.04 Å². The molecule has 0 aliphatic rings. The summed E-state index contributed by atoms with van der Waals surface area (Å²) in [6.45, 7) is 1.92. The Kier molecular flexibility index (Phi) is 4.15. The third kappa shape index (κ3) is 3.18. The molecule has 0 aromatic carbocycles. The van der Waals surface area contributed by atoms with Gasteiger partial charge in [0, 0.05) is 31.2 Å². The summed E-state index contributed by atoms with van der Waals surface area (Å²) in [4.78, 5) is 7.30. The summed E-state index contributed by atoms with van der Waals surface area (Å²) >= 11 is 3.12. The van der Waals surface area contributed by atoms with Crippen LogP contribution in [0.5, 0.6) is 0 Å². The van der Waals surface area contributed by atoms with Crippen molar-refractivity contribution in [2.45, 2.75) is 22.2 Å². The lowest BCUT2D eigenvalue weighted by molar-refractivity contribution is 0.777. The van der Waals surface area contributed by atoms with Crippen LogP contribution < -0.4 is 10.6 Å². The largest absolute Gasteiger partial charge is 0.353 e. The van der Waals surface area contributed by atoms with Crippen LogP contribution in [0, 0.1) is 0 Å². The van der Waals surface area contributed by atoms with E-state index in [1.807, 2.05) is 44.2 Å². The van der Waals surface area contributed by atoms with Crippen molar-refractivity contribution in [3.8, 4) is 0 Å². The van der Waals surface area contributed by atoms with Crippen LogP contribution in [0.25, 0.3) is 0 Å². The summed E-state index contributed by atoms with van der Waals surface area (Å²) in [5.74, 6) is 0. The molecule has 1 atom stereocenters. The number of nitrogens with two attached hydrogens (primary N) is 1. The molecule has 1 unspecified atom stereocenters. The number of hydrogen-bond acceptors (Lipinski definition) is 7. The minimum absolute atomic E-state index is 0.0362. The van der Waals surface area contributed by atoms with E-state index < -0.39 is 0 Å². The SMILES string of the molecule is CC(N)c1ccc(Sc2nnc(N(C)C)s2)cn1. The van der Waals surface area contributed by atoms with Gasteiger partial charge in [-0.1, -0.05) is 23.1 Å². The van der Waals surface area contributed by atoms with Crippen LogP contribution in [0.1, 0.15) is 18.7 Å². The highest BCUT2D eigenvalue weighted by atomic mass is 32.2. The molecule has 2 aromatic heterocycles. The normalized spacial score (nSPS) is 12.4. The highest BCUT2D eigenvalue weighted by Gasteiger charge is 2.08. The van der Waals surface area contributed by atoms with Gasteiger partial charge in [-0.3, -0.25) is 4.98 Å². The molecule has 0 aliphatic carbocycles.